The van der Waals surface area contributed by atoms with Crippen molar-refractivity contribution < 1.29 is 15.0 Å². The molecule has 7 heteroatoms. The van der Waals surface area contributed by atoms with Crippen LogP contribution in [0.2, 0.25) is 0 Å². The van der Waals surface area contributed by atoms with E-state index in [0.29, 0.717) is 13.0 Å². The fourth-order valence-electron chi connectivity index (χ4n) is 2.93. The van der Waals surface area contributed by atoms with Gasteiger partial charge in [-0.05, 0) is 18.4 Å². The Morgan fingerprint density at radius 3 is 2.78 bits per heavy atom. The van der Waals surface area contributed by atoms with Crippen molar-refractivity contribution in [2.24, 2.45) is 0 Å². The second-order valence-electron chi connectivity index (χ2n) is 5.83. The molecular weight excluding hydrogens is 296 g/mol. The van der Waals surface area contributed by atoms with E-state index in [2.05, 4.69) is 22.4 Å². The Labute approximate surface area is 134 Å². The van der Waals surface area contributed by atoms with Gasteiger partial charge < -0.3 is 15.1 Å². The molecule has 2 atom stereocenters. The smallest absolute Gasteiger partial charge is 0.407 e. The fraction of sp³-hybridized carbons (Fsp3) is 0.438. The molecule has 7 nitrogen and oxygen atoms in total. The summed E-state index contributed by atoms with van der Waals surface area (Å²) >= 11 is 0. The third-order valence-corrected chi connectivity index (χ3v) is 4.26. The largest absolute Gasteiger partial charge is 0.465 e. The SMILES string of the molecule is O=C(O)N1CC[C@H](c2cn(CCc3ccccc3)nn2)[C@@H](O)C1. The number of aliphatic hydroxyl groups excluding tert-OH is 1. The molecule has 2 N–H and O–H groups in total. The van der Waals surface area contributed by atoms with E-state index in [1.807, 2.05) is 24.4 Å². The molecule has 1 saturated heterocycles. The summed E-state index contributed by atoms with van der Waals surface area (Å²) in [6, 6.07) is 10.2. The molecule has 1 aliphatic rings. The maximum absolute atomic E-state index is 10.9. The van der Waals surface area contributed by atoms with E-state index in [1.54, 1.807) is 4.68 Å². The summed E-state index contributed by atoms with van der Waals surface area (Å²) < 4.78 is 1.78. The number of carbonyl (C=O) groups is 1. The van der Waals surface area contributed by atoms with Crippen LogP contribution in [-0.2, 0) is 13.0 Å². The molecule has 2 aromatic rings. The molecule has 1 fully saturated rings. The number of carboxylic acid groups (broad SMARTS) is 1. The molecule has 122 valence electrons. The van der Waals surface area contributed by atoms with Gasteiger partial charge in [0, 0.05) is 25.2 Å². The summed E-state index contributed by atoms with van der Waals surface area (Å²) in [5, 5.41) is 27.4. The quantitative estimate of drug-likeness (QED) is 0.888. The van der Waals surface area contributed by atoms with Gasteiger partial charge >= 0.3 is 6.09 Å². The van der Waals surface area contributed by atoms with Crippen LogP contribution in [0.3, 0.4) is 0 Å². The summed E-state index contributed by atoms with van der Waals surface area (Å²) in [4.78, 5) is 12.2. The monoisotopic (exact) mass is 316 g/mol. The number of β-amino-alcohol motifs (C(OH)–C–C–N with tert-alkyl or cyclic N) is 1. The van der Waals surface area contributed by atoms with Crippen molar-refractivity contribution in [1.29, 1.82) is 0 Å². The highest BCUT2D eigenvalue weighted by molar-refractivity contribution is 5.65. The molecule has 0 bridgehead atoms. The molecular formula is C16H20N4O3. The molecule has 1 aliphatic heterocycles. The highest BCUT2D eigenvalue weighted by Gasteiger charge is 2.32. The van der Waals surface area contributed by atoms with E-state index < -0.39 is 12.2 Å². The van der Waals surface area contributed by atoms with E-state index in [9.17, 15) is 9.90 Å². The van der Waals surface area contributed by atoms with Gasteiger partial charge in [0.2, 0.25) is 0 Å². The Hall–Kier alpha value is -2.41. The van der Waals surface area contributed by atoms with Crippen LogP contribution in [0.15, 0.2) is 36.5 Å². The number of amides is 1. The number of nitrogens with zero attached hydrogens (tertiary/aromatic N) is 4. The van der Waals surface area contributed by atoms with E-state index in [-0.39, 0.29) is 12.5 Å². The molecule has 1 aromatic heterocycles. The molecule has 3 rings (SSSR count). The number of piperidine rings is 1. The first-order valence-corrected chi connectivity index (χ1v) is 7.73. The molecule has 0 radical (unpaired) electrons. The molecule has 2 heterocycles. The van der Waals surface area contributed by atoms with Crippen LogP contribution >= 0.6 is 0 Å². The molecule has 23 heavy (non-hydrogen) atoms. The van der Waals surface area contributed by atoms with Gasteiger partial charge in [-0.2, -0.15) is 0 Å². The summed E-state index contributed by atoms with van der Waals surface area (Å²) in [7, 11) is 0. The fourth-order valence-corrected chi connectivity index (χ4v) is 2.93. The standard InChI is InChI=1S/C16H20N4O3/c21-15-11-19(16(22)23)8-7-13(15)14-10-20(18-17-14)9-6-12-4-2-1-3-5-12/h1-5,10,13,15,21H,6-9,11H2,(H,22,23)/t13-,15+/m1/s1. The van der Waals surface area contributed by atoms with Crippen LogP contribution in [0.5, 0.6) is 0 Å². The third kappa shape index (κ3) is 3.68. The first-order valence-electron chi connectivity index (χ1n) is 7.73. The normalized spacial score (nSPS) is 21.3. The number of rotatable bonds is 4. The number of aromatic nitrogens is 3. The van der Waals surface area contributed by atoms with Gasteiger partial charge in [-0.25, -0.2) is 4.79 Å². The second-order valence-corrected chi connectivity index (χ2v) is 5.83. The van der Waals surface area contributed by atoms with Gasteiger partial charge in [-0.15, -0.1) is 5.10 Å². The molecule has 0 saturated carbocycles. The van der Waals surface area contributed by atoms with E-state index >= 15 is 0 Å². The number of hydrogen-bond acceptors (Lipinski definition) is 4. The number of aryl methyl sites for hydroxylation is 2. The Morgan fingerprint density at radius 2 is 2.09 bits per heavy atom. The Balaban J connectivity index is 1.60. The lowest BCUT2D eigenvalue weighted by Crippen LogP contribution is -2.45. The lowest BCUT2D eigenvalue weighted by atomic mass is 9.91. The predicted molar refractivity (Wildman–Crippen MR) is 83.1 cm³/mol. The zero-order valence-electron chi connectivity index (χ0n) is 12.7. The highest BCUT2D eigenvalue weighted by atomic mass is 16.4. The van der Waals surface area contributed by atoms with Gasteiger partial charge in [0.1, 0.15) is 0 Å². The lowest BCUT2D eigenvalue weighted by molar-refractivity contribution is 0.0493. The van der Waals surface area contributed by atoms with Crippen molar-refractivity contribution >= 4 is 6.09 Å². The van der Waals surface area contributed by atoms with E-state index in [4.69, 9.17) is 5.11 Å². The van der Waals surface area contributed by atoms with Crippen molar-refractivity contribution in [3.8, 4) is 0 Å². The van der Waals surface area contributed by atoms with Gasteiger partial charge in [-0.3, -0.25) is 4.68 Å². The Morgan fingerprint density at radius 1 is 1.30 bits per heavy atom. The zero-order valence-corrected chi connectivity index (χ0v) is 12.7. The van der Waals surface area contributed by atoms with Crippen LogP contribution in [-0.4, -0.2) is 55.4 Å². The van der Waals surface area contributed by atoms with Crippen LogP contribution in [0.25, 0.3) is 0 Å². The van der Waals surface area contributed by atoms with Gasteiger partial charge in [0.25, 0.3) is 0 Å². The van der Waals surface area contributed by atoms with Crippen molar-refractivity contribution in [3.63, 3.8) is 0 Å². The number of aliphatic hydroxyl groups is 1. The molecule has 1 aromatic carbocycles. The van der Waals surface area contributed by atoms with Gasteiger partial charge in [-0.1, -0.05) is 35.5 Å². The zero-order chi connectivity index (χ0) is 16.2. The van der Waals surface area contributed by atoms with Crippen LogP contribution in [0.4, 0.5) is 4.79 Å². The summed E-state index contributed by atoms with van der Waals surface area (Å²) in [6.07, 6.45) is 1.55. The average molecular weight is 316 g/mol. The highest BCUT2D eigenvalue weighted by Crippen LogP contribution is 2.26. The van der Waals surface area contributed by atoms with Crippen molar-refractivity contribution in [2.75, 3.05) is 13.1 Å². The maximum Gasteiger partial charge on any atom is 0.407 e. The first-order chi connectivity index (χ1) is 11.1. The van der Waals surface area contributed by atoms with E-state index in [0.717, 1.165) is 18.7 Å². The number of benzene rings is 1. The molecule has 0 unspecified atom stereocenters. The van der Waals surface area contributed by atoms with Crippen molar-refractivity contribution in [3.05, 3.63) is 47.8 Å². The first kappa shape index (κ1) is 15.5. The molecule has 0 aliphatic carbocycles. The topological polar surface area (TPSA) is 91.5 Å². The Bertz CT molecular complexity index is 658. The third-order valence-electron chi connectivity index (χ3n) is 4.26. The van der Waals surface area contributed by atoms with E-state index in [1.165, 1.54) is 10.5 Å². The van der Waals surface area contributed by atoms with Gasteiger partial charge in [0.05, 0.1) is 18.3 Å². The summed E-state index contributed by atoms with van der Waals surface area (Å²) in [5.74, 6) is -0.156. The van der Waals surface area contributed by atoms with Gasteiger partial charge in [0.15, 0.2) is 0 Å². The predicted octanol–water partition coefficient (Wildman–Crippen LogP) is 1.35. The summed E-state index contributed by atoms with van der Waals surface area (Å²) in [6.45, 7) is 1.26. The average Bonchev–Trinajstić information content (AvgIpc) is 3.02. The van der Waals surface area contributed by atoms with Crippen LogP contribution in [0, 0.1) is 0 Å². The maximum atomic E-state index is 10.9. The van der Waals surface area contributed by atoms with Crippen molar-refractivity contribution in [1.82, 2.24) is 19.9 Å². The molecule has 1 amide bonds. The number of hydrogen-bond donors (Lipinski definition) is 2. The Kier molecular flexibility index (Phi) is 4.57. The second kappa shape index (κ2) is 6.78. The number of likely N-dealkylation sites (tertiary alicyclic amines) is 1. The van der Waals surface area contributed by atoms with Crippen LogP contribution in [0.1, 0.15) is 23.6 Å². The van der Waals surface area contributed by atoms with Crippen molar-refractivity contribution in [2.45, 2.75) is 31.4 Å². The minimum atomic E-state index is -0.992. The van der Waals surface area contributed by atoms with Crippen LogP contribution < -0.4 is 0 Å². The molecule has 0 spiro atoms. The lowest BCUT2D eigenvalue weighted by Gasteiger charge is -2.33. The summed E-state index contributed by atoms with van der Waals surface area (Å²) in [5.41, 5.74) is 1.97. The minimum absolute atomic E-state index is 0.122. The minimum Gasteiger partial charge on any atom is -0.465 e.